The Morgan fingerprint density at radius 1 is 0.706 bits per heavy atom. The topological polar surface area (TPSA) is 163 Å². The van der Waals surface area contributed by atoms with Crippen LogP contribution < -0.4 is 0 Å². The first-order chi connectivity index (χ1) is 8.06. The molecule has 0 bridgehead atoms. The van der Waals surface area contributed by atoms with Gasteiger partial charge >= 0.3 is 101 Å². The zero-order valence-corrected chi connectivity index (χ0v) is 9.21. The van der Waals surface area contributed by atoms with E-state index < -0.39 is 27.9 Å². The molecule has 0 saturated heterocycles. The number of hydrogen-bond donors (Lipinski definition) is 1. The first-order valence-electron chi connectivity index (χ1n) is 3.73. The summed E-state index contributed by atoms with van der Waals surface area (Å²) in [7, 11) is 0. The maximum absolute atomic E-state index is 9.11. The van der Waals surface area contributed by atoms with Crippen LogP contribution in [0.3, 0.4) is 0 Å². The van der Waals surface area contributed by atoms with E-state index in [1.165, 1.54) is 36.4 Å². The molecule has 1 N–H and O–H groups in total. The number of hydrogen-bond acceptors (Lipinski definition) is 7. The maximum atomic E-state index is 9.11. The molecule has 0 heterocycles. The van der Waals surface area contributed by atoms with Crippen molar-refractivity contribution < 1.29 is 18.8 Å². The molecule has 0 aromatic rings. The van der Waals surface area contributed by atoms with Crippen LogP contribution in [0.25, 0.3) is 0 Å². The van der Waals surface area contributed by atoms with E-state index in [0.717, 1.165) is 0 Å². The molecule has 0 aromatic carbocycles. The third-order valence-corrected chi connectivity index (χ3v) is 4.52. The van der Waals surface area contributed by atoms with Crippen molar-refractivity contribution >= 4 is 0 Å². The van der Waals surface area contributed by atoms with Gasteiger partial charge in [-0.3, -0.25) is 0 Å². The summed E-state index contributed by atoms with van der Waals surface area (Å²) >= 11 is -2.44. The summed E-state index contributed by atoms with van der Waals surface area (Å²) in [4.78, 5) is 0. The van der Waals surface area contributed by atoms with Gasteiger partial charge in [0.25, 0.3) is 0 Å². The van der Waals surface area contributed by atoms with Crippen LogP contribution in [0.2, 0.25) is 8.70 Å². The third kappa shape index (κ3) is 2.02. The number of rotatable bonds is 3. The van der Waals surface area contributed by atoms with Crippen molar-refractivity contribution in [2.24, 2.45) is 0 Å². The van der Waals surface area contributed by atoms with Crippen molar-refractivity contribution in [1.29, 1.82) is 31.6 Å². The van der Waals surface area contributed by atoms with Crippen molar-refractivity contribution in [2.75, 3.05) is 5.54 Å². The average molecular weight is 270 g/mol. The molecular weight excluding hydrogens is 267 g/mol. The van der Waals surface area contributed by atoms with Gasteiger partial charge in [0.1, 0.15) is 0 Å². The van der Waals surface area contributed by atoms with Crippen LogP contribution in [0.4, 0.5) is 0 Å². The van der Waals surface area contributed by atoms with Crippen molar-refractivity contribution in [3.63, 3.8) is 0 Å². The summed E-state index contributed by atoms with van der Waals surface area (Å²) < 4.78 is -4.72. The predicted octanol–water partition coefficient (Wildman–Crippen LogP) is 0.0133. The molecule has 0 aliphatic carbocycles. The zero-order valence-electron chi connectivity index (χ0n) is 8.17. The Balaban J connectivity index is 6.08. The van der Waals surface area contributed by atoms with Gasteiger partial charge in [-0.2, -0.15) is 0 Å². The first kappa shape index (κ1) is 14.4. The second-order valence-electron chi connectivity index (χ2n) is 2.35. The normalized spacial score (nSPS) is 10.4. The summed E-state index contributed by atoms with van der Waals surface area (Å²) in [5.74, 6) is 0. The summed E-state index contributed by atoms with van der Waals surface area (Å²) in [6.07, 6.45) is 0. The minimum absolute atomic E-state index is 0.920. The van der Waals surface area contributed by atoms with E-state index in [0.29, 0.717) is 0 Å². The first-order valence-corrected chi connectivity index (χ1v) is 5.50. The Morgan fingerprint density at radius 2 is 0.941 bits per heavy atom. The molecule has 0 fully saturated rings. The molecular formula is C9H3CoN6O. The third-order valence-electron chi connectivity index (χ3n) is 1.60. The van der Waals surface area contributed by atoms with Gasteiger partial charge in [-0.1, -0.05) is 0 Å². The van der Waals surface area contributed by atoms with Crippen LogP contribution in [-0.2, 0) is 13.7 Å². The minimum atomic E-state index is -2.44. The molecule has 0 spiro atoms. The van der Waals surface area contributed by atoms with Gasteiger partial charge in [0, 0.05) is 0 Å². The molecule has 0 saturated carbocycles. The summed E-state index contributed by atoms with van der Waals surface area (Å²) in [5.41, 5.74) is -0.920. The molecule has 0 aliphatic rings. The molecule has 0 aromatic heterocycles. The molecule has 0 amide bonds. The van der Waals surface area contributed by atoms with E-state index in [-0.39, 0.29) is 0 Å². The van der Waals surface area contributed by atoms with Crippen LogP contribution >= 0.6 is 0 Å². The van der Waals surface area contributed by atoms with Crippen molar-refractivity contribution in [1.82, 2.24) is 0 Å². The zero-order chi connectivity index (χ0) is 13.5. The SMILES string of the molecule is N#C[C](C#N)(C#N)[Co]([CH2]O)[C](C#N)(C#N)C#N. The van der Waals surface area contributed by atoms with E-state index in [2.05, 4.69) is 0 Å². The predicted molar refractivity (Wildman–Crippen MR) is 46.1 cm³/mol. The van der Waals surface area contributed by atoms with E-state index in [4.69, 9.17) is 36.7 Å². The van der Waals surface area contributed by atoms with Crippen LogP contribution in [0, 0.1) is 68.0 Å². The molecule has 17 heavy (non-hydrogen) atoms. The Labute approximate surface area is 101 Å². The number of nitrogens with zero attached hydrogens (tertiary/aromatic N) is 6. The van der Waals surface area contributed by atoms with E-state index in [9.17, 15) is 0 Å². The van der Waals surface area contributed by atoms with Crippen molar-refractivity contribution in [2.45, 2.75) is 8.70 Å². The molecule has 0 aliphatic heterocycles. The van der Waals surface area contributed by atoms with E-state index in [1.54, 1.807) is 0 Å². The standard InChI is InChI=1S/2C4N3.CH3O.Co/c2*5-1-4(2-6)3-7;1-2;/h;;2H,1H2;. The average Bonchev–Trinajstić information content (AvgIpc) is 2.40. The monoisotopic (exact) mass is 270 g/mol. The van der Waals surface area contributed by atoms with E-state index >= 15 is 0 Å². The van der Waals surface area contributed by atoms with Gasteiger partial charge in [-0.15, -0.1) is 0 Å². The van der Waals surface area contributed by atoms with Crippen molar-refractivity contribution in [3.05, 3.63) is 0 Å². The number of nitriles is 6. The second kappa shape index (κ2) is 5.48. The Bertz CT molecular complexity index is 435. The Kier molecular flexibility index (Phi) is 4.64. The van der Waals surface area contributed by atoms with E-state index in [1.807, 2.05) is 0 Å². The molecule has 7 nitrogen and oxygen atoms in total. The second-order valence-corrected chi connectivity index (χ2v) is 5.23. The van der Waals surface area contributed by atoms with Crippen LogP contribution in [0.5, 0.6) is 0 Å². The Morgan fingerprint density at radius 3 is 1.06 bits per heavy atom. The van der Waals surface area contributed by atoms with Gasteiger partial charge in [0.05, 0.1) is 0 Å². The van der Waals surface area contributed by atoms with Gasteiger partial charge in [-0.05, 0) is 0 Å². The molecule has 8 heteroatoms. The molecule has 0 unspecified atom stereocenters. The Hall–Kier alpha value is -2.59. The fraction of sp³-hybridized carbons (Fsp3) is 0.333. The van der Waals surface area contributed by atoms with Crippen LogP contribution in [0.1, 0.15) is 0 Å². The molecule has 84 valence electrons. The van der Waals surface area contributed by atoms with Gasteiger partial charge in [0.2, 0.25) is 0 Å². The fourth-order valence-corrected chi connectivity index (χ4v) is 2.69. The molecule has 0 rings (SSSR count). The van der Waals surface area contributed by atoms with Crippen LogP contribution in [0.15, 0.2) is 0 Å². The molecule has 0 radical (unpaired) electrons. The van der Waals surface area contributed by atoms with Crippen molar-refractivity contribution in [3.8, 4) is 36.4 Å². The van der Waals surface area contributed by atoms with Crippen LogP contribution in [-0.4, -0.2) is 10.6 Å². The summed E-state index contributed by atoms with van der Waals surface area (Å²) in [6.45, 7) is 0. The summed E-state index contributed by atoms with van der Waals surface area (Å²) in [6, 6.07) is 8.20. The number of aliphatic hydroxyl groups is 1. The quantitative estimate of drug-likeness (QED) is 0.754. The van der Waals surface area contributed by atoms with Gasteiger partial charge in [-0.25, -0.2) is 0 Å². The van der Waals surface area contributed by atoms with Gasteiger partial charge in [0.15, 0.2) is 0 Å². The fourth-order valence-electron chi connectivity index (χ4n) is 0.766. The molecule has 0 atom stereocenters. The number of aliphatic hydroxyl groups excluding tert-OH is 1. The van der Waals surface area contributed by atoms with Gasteiger partial charge < -0.3 is 0 Å². The summed E-state index contributed by atoms with van der Waals surface area (Å²) in [5, 5.41) is 62.0.